The Kier molecular flexibility index (Phi) is 4.99. The number of aromatic nitrogens is 3. The number of rotatable bonds is 6. The van der Waals surface area contributed by atoms with Gasteiger partial charge in [-0.3, -0.25) is 9.89 Å². The zero-order valence-electron chi connectivity index (χ0n) is 13.3. The van der Waals surface area contributed by atoms with Crippen molar-refractivity contribution in [3.8, 4) is 6.07 Å². The van der Waals surface area contributed by atoms with Gasteiger partial charge in [-0.05, 0) is 25.3 Å². The Balaban J connectivity index is 2.74. The lowest BCUT2D eigenvalue weighted by molar-refractivity contribution is 0.281. The van der Waals surface area contributed by atoms with Crippen LogP contribution in [0.3, 0.4) is 0 Å². The zero-order valence-corrected chi connectivity index (χ0v) is 13.3. The van der Waals surface area contributed by atoms with Crippen LogP contribution >= 0.6 is 0 Å². The summed E-state index contributed by atoms with van der Waals surface area (Å²) in [4.78, 5) is 12.6. The van der Waals surface area contributed by atoms with Crippen LogP contribution in [0, 0.1) is 18.3 Å². The first-order chi connectivity index (χ1) is 10.6. The molecule has 0 amide bonds. The van der Waals surface area contributed by atoms with Crippen molar-refractivity contribution in [1.82, 2.24) is 14.6 Å². The molecule has 0 aliphatic heterocycles. The lowest BCUT2D eigenvalue weighted by Gasteiger charge is -2.13. The van der Waals surface area contributed by atoms with E-state index in [1.54, 1.807) is 6.92 Å². The molecule has 2 aromatic rings. The third-order valence-electron chi connectivity index (χ3n) is 4.29. The van der Waals surface area contributed by atoms with Crippen molar-refractivity contribution in [1.29, 1.82) is 5.26 Å². The number of nitrogens with zero attached hydrogens (tertiary/aromatic N) is 3. The van der Waals surface area contributed by atoms with Gasteiger partial charge in [-0.2, -0.15) is 10.4 Å². The van der Waals surface area contributed by atoms with Crippen LogP contribution in [0.25, 0.3) is 5.65 Å². The molecule has 2 aromatic heterocycles. The Morgan fingerprint density at radius 1 is 1.45 bits per heavy atom. The molecule has 2 N–H and O–H groups in total. The molecular formula is C16H22N4O2. The molecule has 6 heteroatoms. The van der Waals surface area contributed by atoms with Gasteiger partial charge in [0.15, 0.2) is 0 Å². The second kappa shape index (κ2) is 6.75. The highest BCUT2D eigenvalue weighted by molar-refractivity contribution is 5.56. The van der Waals surface area contributed by atoms with E-state index in [1.807, 2.05) is 6.07 Å². The van der Waals surface area contributed by atoms with Crippen molar-refractivity contribution < 1.29 is 5.11 Å². The van der Waals surface area contributed by atoms with Gasteiger partial charge in [0.1, 0.15) is 23.1 Å². The van der Waals surface area contributed by atoms with Crippen LogP contribution in [-0.4, -0.2) is 19.7 Å². The number of unbranched alkanes of at least 4 members (excludes halogenated alkanes) is 1. The highest BCUT2D eigenvalue weighted by atomic mass is 16.3. The molecule has 0 aliphatic carbocycles. The predicted octanol–water partition coefficient (Wildman–Crippen LogP) is 2.38. The molecule has 0 bridgehead atoms. The number of pyridine rings is 1. The lowest BCUT2D eigenvalue weighted by Crippen LogP contribution is -2.22. The van der Waals surface area contributed by atoms with E-state index in [4.69, 9.17) is 0 Å². The second-order valence-corrected chi connectivity index (χ2v) is 5.57. The number of fused-ring (bicyclic) bond motifs is 1. The Hall–Kier alpha value is -2.13. The van der Waals surface area contributed by atoms with E-state index in [9.17, 15) is 15.2 Å². The second-order valence-electron chi connectivity index (χ2n) is 5.57. The van der Waals surface area contributed by atoms with Crippen LogP contribution in [0.4, 0.5) is 0 Å². The SMILES string of the molecule is CCCCC(CC)c1n[nH]c2c(CO)c(C)c(C#N)c(=O)n12. The number of nitriles is 1. The van der Waals surface area contributed by atoms with E-state index in [-0.39, 0.29) is 23.6 Å². The minimum atomic E-state index is -0.356. The molecule has 0 fully saturated rings. The molecule has 0 spiro atoms. The maximum Gasteiger partial charge on any atom is 0.275 e. The molecule has 0 aliphatic rings. The van der Waals surface area contributed by atoms with E-state index in [1.165, 1.54) is 4.40 Å². The summed E-state index contributed by atoms with van der Waals surface area (Å²) in [6.07, 6.45) is 3.96. The summed E-state index contributed by atoms with van der Waals surface area (Å²) in [5, 5.41) is 26.1. The van der Waals surface area contributed by atoms with Crippen molar-refractivity contribution in [2.45, 2.75) is 59.0 Å². The molecule has 1 unspecified atom stereocenters. The van der Waals surface area contributed by atoms with Gasteiger partial charge in [0.2, 0.25) is 0 Å². The van der Waals surface area contributed by atoms with Gasteiger partial charge in [0, 0.05) is 11.5 Å². The largest absolute Gasteiger partial charge is 0.392 e. The van der Waals surface area contributed by atoms with Gasteiger partial charge in [0.25, 0.3) is 5.56 Å². The van der Waals surface area contributed by atoms with E-state index in [0.717, 1.165) is 25.7 Å². The number of H-pyrrole nitrogens is 1. The first-order valence-electron chi connectivity index (χ1n) is 7.73. The summed E-state index contributed by atoms with van der Waals surface area (Å²) in [5.74, 6) is 0.814. The molecular weight excluding hydrogens is 280 g/mol. The normalized spacial score (nSPS) is 12.5. The predicted molar refractivity (Wildman–Crippen MR) is 83.7 cm³/mol. The van der Waals surface area contributed by atoms with Crippen LogP contribution in [0.1, 0.15) is 68.0 Å². The van der Waals surface area contributed by atoms with Gasteiger partial charge < -0.3 is 5.11 Å². The highest BCUT2D eigenvalue weighted by Crippen LogP contribution is 2.25. The van der Waals surface area contributed by atoms with Crippen molar-refractivity contribution >= 4 is 5.65 Å². The number of aliphatic hydroxyl groups excluding tert-OH is 1. The fourth-order valence-electron chi connectivity index (χ4n) is 2.90. The molecule has 2 heterocycles. The summed E-state index contributed by atoms with van der Waals surface area (Å²) < 4.78 is 1.47. The van der Waals surface area contributed by atoms with E-state index in [2.05, 4.69) is 24.0 Å². The number of aromatic amines is 1. The molecule has 118 valence electrons. The number of aliphatic hydroxyl groups is 1. The standard InChI is InChI=1S/C16H22N4O2/c1-4-6-7-11(5-2)14-18-19-15-13(9-21)10(3)12(8-17)16(22)20(14)15/h11,19,21H,4-7,9H2,1-3H3. The fourth-order valence-corrected chi connectivity index (χ4v) is 2.90. The number of hydrogen-bond acceptors (Lipinski definition) is 4. The Morgan fingerprint density at radius 3 is 2.73 bits per heavy atom. The van der Waals surface area contributed by atoms with Gasteiger partial charge in [-0.1, -0.05) is 26.7 Å². The van der Waals surface area contributed by atoms with Crippen molar-refractivity contribution in [2.75, 3.05) is 0 Å². The topological polar surface area (TPSA) is 94.2 Å². The van der Waals surface area contributed by atoms with Crippen LogP contribution in [0.5, 0.6) is 0 Å². The van der Waals surface area contributed by atoms with Crippen LogP contribution in [-0.2, 0) is 6.61 Å². The van der Waals surface area contributed by atoms with Crippen molar-refractivity contribution in [3.05, 3.63) is 32.9 Å². The Morgan fingerprint density at radius 2 is 2.18 bits per heavy atom. The maximum absolute atomic E-state index is 12.6. The van der Waals surface area contributed by atoms with E-state index in [0.29, 0.717) is 22.6 Å². The average Bonchev–Trinajstić information content (AvgIpc) is 2.94. The monoisotopic (exact) mass is 302 g/mol. The van der Waals surface area contributed by atoms with Gasteiger partial charge in [-0.25, -0.2) is 4.40 Å². The molecule has 2 rings (SSSR count). The van der Waals surface area contributed by atoms with E-state index < -0.39 is 0 Å². The first kappa shape index (κ1) is 16.2. The van der Waals surface area contributed by atoms with Gasteiger partial charge in [0.05, 0.1) is 6.61 Å². The molecule has 0 radical (unpaired) electrons. The number of hydrogen-bond donors (Lipinski definition) is 2. The van der Waals surface area contributed by atoms with Gasteiger partial charge >= 0.3 is 0 Å². The minimum Gasteiger partial charge on any atom is -0.392 e. The average molecular weight is 302 g/mol. The highest BCUT2D eigenvalue weighted by Gasteiger charge is 2.22. The van der Waals surface area contributed by atoms with Crippen LogP contribution < -0.4 is 5.56 Å². The molecule has 0 aromatic carbocycles. The summed E-state index contributed by atoms with van der Waals surface area (Å²) in [7, 11) is 0. The van der Waals surface area contributed by atoms with Gasteiger partial charge in [-0.15, -0.1) is 0 Å². The minimum absolute atomic E-state index is 0.0783. The molecule has 22 heavy (non-hydrogen) atoms. The number of nitrogens with one attached hydrogen (secondary N) is 1. The zero-order chi connectivity index (χ0) is 16.3. The van der Waals surface area contributed by atoms with Crippen molar-refractivity contribution in [3.63, 3.8) is 0 Å². The Bertz CT molecular complexity index is 767. The quantitative estimate of drug-likeness (QED) is 0.856. The first-order valence-corrected chi connectivity index (χ1v) is 7.73. The maximum atomic E-state index is 12.6. The Labute approximate surface area is 129 Å². The van der Waals surface area contributed by atoms with Crippen LogP contribution in [0.2, 0.25) is 0 Å². The van der Waals surface area contributed by atoms with E-state index >= 15 is 0 Å². The molecule has 6 nitrogen and oxygen atoms in total. The lowest BCUT2D eigenvalue weighted by atomic mass is 9.98. The smallest absolute Gasteiger partial charge is 0.275 e. The fraction of sp³-hybridized carbons (Fsp3) is 0.562. The molecule has 0 saturated carbocycles. The third-order valence-corrected chi connectivity index (χ3v) is 4.29. The third kappa shape index (κ3) is 2.53. The van der Waals surface area contributed by atoms with Crippen LogP contribution in [0.15, 0.2) is 4.79 Å². The van der Waals surface area contributed by atoms with Crippen molar-refractivity contribution in [2.24, 2.45) is 0 Å². The summed E-state index contributed by atoms with van der Waals surface area (Å²) in [6, 6.07) is 1.96. The summed E-state index contributed by atoms with van der Waals surface area (Å²) in [5.41, 5.74) is 1.29. The summed E-state index contributed by atoms with van der Waals surface area (Å²) >= 11 is 0. The molecule has 0 saturated heterocycles. The summed E-state index contributed by atoms with van der Waals surface area (Å²) in [6.45, 7) is 5.64. The molecule has 1 atom stereocenters.